The highest BCUT2D eigenvalue weighted by molar-refractivity contribution is 6.18. The fourth-order valence-electron chi connectivity index (χ4n) is 3.30. The first-order valence-electron chi connectivity index (χ1n) is 8.88. The molecule has 0 aromatic heterocycles. The number of rotatable bonds is 8. The van der Waals surface area contributed by atoms with E-state index in [1.54, 1.807) is 0 Å². The standard InChI is InChI=1S/C19H30Cl2N2.ClH/c1-22(15-11-20)19(16-21)18-8-6-17(7-9-18)10-14-23-12-4-2-3-5-13-23;/h6-9,19H,2-5,10-16H2,1H3;1H. The van der Waals surface area contributed by atoms with Crippen LogP contribution in [-0.4, -0.2) is 54.8 Å². The maximum atomic E-state index is 6.16. The van der Waals surface area contributed by atoms with Gasteiger partial charge < -0.3 is 4.90 Å². The van der Waals surface area contributed by atoms with Gasteiger partial charge >= 0.3 is 0 Å². The summed E-state index contributed by atoms with van der Waals surface area (Å²) in [6.07, 6.45) is 6.68. The van der Waals surface area contributed by atoms with Crippen LogP contribution in [0.2, 0.25) is 0 Å². The molecule has 0 radical (unpaired) electrons. The van der Waals surface area contributed by atoms with Gasteiger partial charge in [-0.25, -0.2) is 0 Å². The Kier molecular flexibility index (Phi) is 11.4. The minimum absolute atomic E-state index is 0. The Hall–Kier alpha value is 0.01000. The molecule has 0 saturated carbocycles. The number of benzene rings is 1. The van der Waals surface area contributed by atoms with Gasteiger partial charge in [-0.3, -0.25) is 4.90 Å². The van der Waals surface area contributed by atoms with Crippen LogP contribution < -0.4 is 0 Å². The largest absolute Gasteiger partial charge is 0.303 e. The molecule has 5 heteroatoms. The Morgan fingerprint density at radius 3 is 2.21 bits per heavy atom. The van der Waals surface area contributed by atoms with Crippen LogP contribution in [0.1, 0.15) is 42.9 Å². The summed E-state index contributed by atoms with van der Waals surface area (Å²) in [5.41, 5.74) is 2.71. The summed E-state index contributed by atoms with van der Waals surface area (Å²) in [4.78, 5) is 4.85. The minimum atomic E-state index is 0. The zero-order valence-electron chi connectivity index (χ0n) is 14.7. The molecule has 1 aliphatic heterocycles. The molecule has 0 aliphatic carbocycles. The molecule has 2 nitrogen and oxygen atoms in total. The van der Waals surface area contributed by atoms with Crippen LogP contribution in [0.5, 0.6) is 0 Å². The number of alkyl halides is 2. The quantitative estimate of drug-likeness (QED) is 0.575. The number of hydrogen-bond acceptors (Lipinski definition) is 2. The van der Waals surface area contributed by atoms with Crippen LogP contribution in [-0.2, 0) is 6.42 Å². The van der Waals surface area contributed by atoms with E-state index in [4.69, 9.17) is 23.2 Å². The van der Waals surface area contributed by atoms with Crippen LogP contribution in [0.25, 0.3) is 0 Å². The number of hydrogen-bond donors (Lipinski definition) is 0. The molecule has 1 aromatic carbocycles. The van der Waals surface area contributed by atoms with E-state index in [1.165, 1.54) is 56.4 Å². The summed E-state index contributed by atoms with van der Waals surface area (Å²) < 4.78 is 0. The van der Waals surface area contributed by atoms with Crippen molar-refractivity contribution in [3.63, 3.8) is 0 Å². The third-order valence-electron chi connectivity index (χ3n) is 4.90. The van der Waals surface area contributed by atoms with E-state index in [2.05, 4.69) is 41.1 Å². The Morgan fingerprint density at radius 2 is 1.67 bits per heavy atom. The Morgan fingerprint density at radius 1 is 1.04 bits per heavy atom. The number of halogens is 3. The molecule has 1 atom stereocenters. The summed E-state index contributed by atoms with van der Waals surface area (Å²) in [5.74, 6) is 1.23. The van der Waals surface area contributed by atoms with Gasteiger partial charge in [-0.2, -0.15) is 0 Å². The fraction of sp³-hybridized carbons (Fsp3) is 0.684. The first kappa shape index (κ1) is 22.1. The molecule has 1 saturated heterocycles. The molecule has 138 valence electrons. The lowest BCUT2D eigenvalue weighted by Gasteiger charge is -2.26. The van der Waals surface area contributed by atoms with Crippen molar-refractivity contribution in [2.45, 2.75) is 38.1 Å². The predicted molar refractivity (Wildman–Crippen MR) is 109 cm³/mol. The van der Waals surface area contributed by atoms with Crippen molar-refractivity contribution in [1.82, 2.24) is 9.80 Å². The van der Waals surface area contributed by atoms with Crippen LogP contribution >= 0.6 is 35.6 Å². The van der Waals surface area contributed by atoms with E-state index in [0.717, 1.165) is 13.0 Å². The first-order chi connectivity index (χ1) is 11.2. The topological polar surface area (TPSA) is 6.48 Å². The van der Waals surface area contributed by atoms with Gasteiger partial charge in [0.2, 0.25) is 0 Å². The molecule has 1 aliphatic rings. The highest BCUT2D eigenvalue weighted by Gasteiger charge is 2.15. The van der Waals surface area contributed by atoms with Crippen molar-refractivity contribution >= 4 is 35.6 Å². The van der Waals surface area contributed by atoms with Crippen molar-refractivity contribution in [3.05, 3.63) is 35.4 Å². The molecule has 1 aromatic rings. The summed E-state index contributed by atoms with van der Waals surface area (Å²) in [7, 11) is 2.09. The van der Waals surface area contributed by atoms with Crippen LogP contribution in [0.3, 0.4) is 0 Å². The minimum Gasteiger partial charge on any atom is -0.303 e. The highest BCUT2D eigenvalue weighted by Crippen LogP contribution is 2.21. The van der Waals surface area contributed by atoms with E-state index in [9.17, 15) is 0 Å². The van der Waals surface area contributed by atoms with Crippen molar-refractivity contribution in [1.29, 1.82) is 0 Å². The van der Waals surface area contributed by atoms with Gasteiger partial charge in [-0.1, -0.05) is 37.1 Å². The van der Waals surface area contributed by atoms with E-state index < -0.39 is 0 Å². The van der Waals surface area contributed by atoms with Gasteiger partial charge in [0.25, 0.3) is 0 Å². The third-order valence-corrected chi connectivity index (χ3v) is 5.36. The van der Waals surface area contributed by atoms with Gasteiger partial charge in [0.15, 0.2) is 0 Å². The average molecular weight is 394 g/mol. The Balaban J connectivity index is 0.00000288. The lowest BCUT2D eigenvalue weighted by molar-refractivity contribution is 0.280. The third kappa shape index (κ3) is 7.09. The Bertz CT molecular complexity index is 431. The maximum absolute atomic E-state index is 6.16. The fourth-order valence-corrected chi connectivity index (χ4v) is 3.98. The molecule has 2 rings (SSSR count). The van der Waals surface area contributed by atoms with Gasteiger partial charge in [0.1, 0.15) is 0 Å². The second-order valence-electron chi connectivity index (χ2n) is 6.59. The number of likely N-dealkylation sites (tertiary alicyclic amines) is 1. The Labute approximate surface area is 163 Å². The molecule has 0 bridgehead atoms. The lowest BCUT2D eigenvalue weighted by Crippen LogP contribution is -2.28. The van der Waals surface area contributed by atoms with Gasteiger partial charge in [-0.15, -0.1) is 35.6 Å². The summed E-state index contributed by atoms with van der Waals surface area (Å²) in [6.45, 7) is 4.59. The second-order valence-corrected chi connectivity index (χ2v) is 7.27. The zero-order chi connectivity index (χ0) is 16.5. The highest BCUT2D eigenvalue weighted by atomic mass is 35.5. The average Bonchev–Trinajstić information content (AvgIpc) is 2.84. The number of nitrogens with zero attached hydrogens (tertiary/aromatic N) is 2. The van der Waals surface area contributed by atoms with E-state index in [0.29, 0.717) is 11.8 Å². The molecule has 1 fully saturated rings. The van der Waals surface area contributed by atoms with Crippen LogP contribution in [0, 0.1) is 0 Å². The van der Waals surface area contributed by atoms with Crippen LogP contribution in [0.4, 0.5) is 0 Å². The SMILES string of the molecule is CN(CCCl)C(CCl)c1ccc(CCN2CCCCCC2)cc1.Cl. The smallest absolute Gasteiger partial charge is 0.0480 e. The molecule has 24 heavy (non-hydrogen) atoms. The maximum Gasteiger partial charge on any atom is 0.0480 e. The molecular weight excluding hydrogens is 363 g/mol. The molecular formula is C19H31Cl3N2. The zero-order valence-corrected chi connectivity index (χ0v) is 17.1. The van der Waals surface area contributed by atoms with E-state index >= 15 is 0 Å². The van der Waals surface area contributed by atoms with E-state index in [1.807, 2.05) is 0 Å². The molecule has 0 spiro atoms. The lowest BCUT2D eigenvalue weighted by atomic mass is 10.0. The summed E-state index contributed by atoms with van der Waals surface area (Å²) in [5, 5.41) is 0. The van der Waals surface area contributed by atoms with Crippen molar-refractivity contribution in [2.75, 3.05) is 45.0 Å². The van der Waals surface area contributed by atoms with Gasteiger partial charge in [0, 0.05) is 30.9 Å². The predicted octanol–water partition coefficient (Wildman–Crippen LogP) is 4.98. The molecule has 1 unspecified atom stereocenters. The normalized spacial score (nSPS) is 17.3. The van der Waals surface area contributed by atoms with Crippen molar-refractivity contribution in [2.24, 2.45) is 0 Å². The van der Waals surface area contributed by atoms with Gasteiger partial charge in [-0.05, 0) is 50.5 Å². The summed E-state index contributed by atoms with van der Waals surface area (Å²) in [6, 6.07) is 9.24. The first-order valence-corrected chi connectivity index (χ1v) is 9.95. The molecule has 0 N–H and O–H groups in total. The monoisotopic (exact) mass is 392 g/mol. The van der Waals surface area contributed by atoms with Crippen molar-refractivity contribution in [3.8, 4) is 0 Å². The van der Waals surface area contributed by atoms with Crippen molar-refractivity contribution < 1.29 is 0 Å². The molecule has 1 heterocycles. The summed E-state index contributed by atoms with van der Waals surface area (Å²) >= 11 is 12.0. The van der Waals surface area contributed by atoms with E-state index in [-0.39, 0.29) is 18.4 Å². The second kappa shape index (κ2) is 12.4. The molecule has 0 amide bonds. The van der Waals surface area contributed by atoms with Gasteiger partial charge in [0.05, 0.1) is 0 Å². The van der Waals surface area contributed by atoms with Crippen LogP contribution in [0.15, 0.2) is 24.3 Å².